The van der Waals surface area contributed by atoms with E-state index < -0.39 is 26.7 Å². The van der Waals surface area contributed by atoms with Gasteiger partial charge in [0.25, 0.3) is 16.0 Å². The van der Waals surface area contributed by atoms with E-state index in [0.717, 1.165) is 0 Å². The average Bonchev–Trinajstić information content (AvgIpc) is 2.87. The fourth-order valence-corrected chi connectivity index (χ4v) is 5.45. The molecular weight excluding hydrogens is 553 g/mol. The van der Waals surface area contributed by atoms with E-state index in [1.165, 1.54) is 31.4 Å². The van der Waals surface area contributed by atoms with Gasteiger partial charge in [-0.15, -0.1) is 10.2 Å². The molecule has 38 heavy (non-hydrogen) atoms. The predicted octanol–water partition coefficient (Wildman–Crippen LogP) is 7.34. The standard InChI is InChI=1S/C26H21Cl2N3O6S/c1-3-18-21(28)8-9-22(25(18)38(34,35)36)30-31-23-19-7-5-4-6-14(19)10-20(24(23)32)26(33)29-16-11-15(27)12-17(13-16)37-2/h4-13,32H,3H2,1-2H3,(H,29,33)(H,34,35,36). The molecule has 0 saturated heterocycles. The van der Waals surface area contributed by atoms with E-state index in [0.29, 0.717) is 27.2 Å². The number of phenolic OH excluding ortho intramolecular Hbond substituents is 1. The third kappa shape index (κ3) is 5.58. The number of nitrogens with zero attached hydrogens (tertiary/aromatic N) is 2. The van der Waals surface area contributed by atoms with Crippen molar-refractivity contribution in [2.75, 3.05) is 12.4 Å². The molecule has 0 aliphatic rings. The number of carbonyl (C=O) groups is 1. The molecule has 12 heteroatoms. The van der Waals surface area contributed by atoms with E-state index >= 15 is 0 Å². The van der Waals surface area contributed by atoms with Crippen molar-refractivity contribution in [1.82, 2.24) is 0 Å². The number of aromatic hydroxyl groups is 1. The van der Waals surface area contributed by atoms with Gasteiger partial charge in [-0.25, -0.2) is 0 Å². The minimum atomic E-state index is -4.71. The zero-order chi connectivity index (χ0) is 27.6. The van der Waals surface area contributed by atoms with E-state index in [2.05, 4.69) is 15.5 Å². The van der Waals surface area contributed by atoms with Gasteiger partial charge in [-0.1, -0.05) is 54.4 Å². The van der Waals surface area contributed by atoms with Crippen molar-refractivity contribution in [2.45, 2.75) is 18.2 Å². The number of halogens is 2. The smallest absolute Gasteiger partial charge is 0.297 e. The molecule has 0 fully saturated rings. The molecular formula is C26H21Cl2N3O6S. The third-order valence-electron chi connectivity index (χ3n) is 5.66. The molecule has 4 aromatic rings. The van der Waals surface area contributed by atoms with Crippen molar-refractivity contribution in [3.8, 4) is 11.5 Å². The van der Waals surface area contributed by atoms with Crippen LogP contribution in [0.15, 0.2) is 75.8 Å². The highest BCUT2D eigenvalue weighted by molar-refractivity contribution is 7.86. The number of phenols is 1. The van der Waals surface area contributed by atoms with Gasteiger partial charge in [0, 0.05) is 27.2 Å². The predicted molar refractivity (Wildman–Crippen MR) is 146 cm³/mol. The summed E-state index contributed by atoms with van der Waals surface area (Å²) in [5.41, 5.74) is 0.132. The largest absolute Gasteiger partial charge is 0.505 e. The van der Waals surface area contributed by atoms with Gasteiger partial charge in [0.1, 0.15) is 22.0 Å². The lowest BCUT2D eigenvalue weighted by Gasteiger charge is -2.12. The number of methoxy groups -OCH3 is 1. The number of hydrogen-bond acceptors (Lipinski definition) is 7. The van der Waals surface area contributed by atoms with Gasteiger partial charge < -0.3 is 15.2 Å². The Morgan fingerprint density at radius 3 is 2.47 bits per heavy atom. The lowest BCUT2D eigenvalue weighted by Crippen LogP contribution is -2.12. The molecule has 0 bridgehead atoms. The number of azo groups is 1. The molecule has 0 aliphatic carbocycles. The lowest BCUT2D eigenvalue weighted by molar-refractivity contribution is 0.102. The van der Waals surface area contributed by atoms with Gasteiger partial charge in [-0.2, -0.15) is 8.42 Å². The van der Waals surface area contributed by atoms with Crippen LogP contribution in [0.25, 0.3) is 10.8 Å². The van der Waals surface area contributed by atoms with Crippen LogP contribution in [0, 0.1) is 0 Å². The van der Waals surface area contributed by atoms with Crippen LogP contribution in [0.2, 0.25) is 10.0 Å². The second-order valence-corrected chi connectivity index (χ2v) is 10.3. The zero-order valence-corrected chi connectivity index (χ0v) is 22.4. The maximum Gasteiger partial charge on any atom is 0.297 e. The fraction of sp³-hybridized carbons (Fsp3) is 0.115. The number of ether oxygens (including phenoxy) is 1. The summed E-state index contributed by atoms with van der Waals surface area (Å²) >= 11 is 12.2. The van der Waals surface area contributed by atoms with Crippen LogP contribution >= 0.6 is 23.2 Å². The molecule has 0 unspecified atom stereocenters. The molecule has 4 aromatic carbocycles. The number of fused-ring (bicyclic) bond motifs is 1. The van der Waals surface area contributed by atoms with Gasteiger partial charge in [-0.05, 0) is 47.7 Å². The van der Waals surface area contributed by atoms with Crippen molar-refractivity contribution >= 4 is 67.1 Å². The van der Waals surface area contributed by atoms with Crippen LogP contribution in [0.5, 0.6) is 11.5 Å². The Hall–Kier alpha value is -3.70. The highest BCUT2D eigenvalue weighted by atomic mass is 35.5. The van der Waals surface area contributed by atoms with Crippen LogP contribution < -0.4 is 10.1 Å². The van der Waals surface area contributed by atoms with E-state index in [9.17, 15) is 22.9 Å². The van der Waals surface area contributed by atoms with E-state index in [1.54, 1.807) is 43.3 Å². The number of carbonyl (C=O) groups excluding carboxylic acids is 1. The third-order valence-corrected chi connectivity index (χ3v) is 7.20. The highest BCUT2D eigenvalue weighted by Gasteiger charge is 2.23. The zero-order valence-electron chi connectivity index (χ0n) is 20.1. The molecule has 1 amide bonds. The second kappa shape index (κ2) is 11.0. The van der Waals surface area contributed by atoms with Gasteiger partial charge in [-0.3, -0.25) is 9.35 Å². The molecule has 9 nitrogen and oxygen atoms in total. The van der Waals surface area contributed by atoms with Crippen LogP contribution in [0.3, 0.4) is 0 Å². The number of amides is 1. The minimum absolute atomic E-state index is 0.0776. The molecule has 0 aliphatic heterocycles. The molecule has 0 heterocycles. The summed E-state index contributed by atoms with van der Waals surface area (Å²) in [6, 6.07) is 15.7. The molecule has 0 atom stereocenters. The van der Waals surface area contributed by atoms with E-state index in [1.807, 2.05) is 0 Å². The molecule has 196 valence electrons. The summed E-state index contributed by atoms with van der Waals surface area (Å²) in [6.07, 6.45) is 0.204. The topological polar surface area (TPSA) is 138 Å². The van der Waals surface area contributed by atoms with Gasteiger partial charge in [0.2, 0.25) is 0 Å². The molecule has 0 aromatic heterocycles. The van der Waals surface area contributed by atoms with E-state index in [4.69, 9.17) is 27.9 Å². The van der Waals surface area contributed by atoms with Crippen LogP contribution in [-0.2, 0) is 16.5 Å². The Kier molecular flexibility index (Phi) is 7.89. The SMILES string of the molecule is CCc1c(Cl)ccc(N=Nc2c(O)c(C(=O)Nc3cc(Cl)cc(OC)c3)cc3ccccc23)c1S(=O)(=O)O. The second-order valence-electron chi connectivity index (χ2n) is 8.08. The van der Waals surface area contributed by atoms with Crippen LogP contribution in [-0.4, -0.2) is 31.1 Å². The molecule has 4 rings (SSSR count). The van der Waals surface area contributed by atoms with Crippen molar-refractivity contribution in [3.05, 3.63) is 81.8 Å². The molecule has 0 spiro atoms. The van der Waals surface area contributed by atoms with Crippen molar-refractivity contribution in [3.63, 3.8) is 0 Å². The summed E-state index contributed by atoms with van der Waals surface area (Å²) in [5, 5.41) is 23.4. The van der Waals surface area contributed by atoms with Gasteiger partial charge in [0.15, 0.2) is 5.75 Å². The highest BCUT2D eigenvalue weighted by Crippen LogP contribution is 2.41. The maximum absolute atomic E-state index is 13.2. The Morgan fingerprint density at radius 1 is 1.05 bits per heavy atom. The first kappa shape index (κ1) is 27.3. The number of rotatable bonds is 7. The fourth-order valence-electron chi connectivity index (χ4n) is 3.93. The molecule has 0 radical (unpaired) electrons. The number of anilines is 1. The summed E-state index contributed by atoms with van der Waals surface area (Å²) < 4.78 is 39.3. The Labute approximate surface area is 228 Å². The first-order valence-corrected chi connectivity index (χ1v) is 13.3. The normalized spacial score (nSPS) is 11.7. The number of nitrogens with one attached hydrogen (secondary N) is 1. The van der Waals surface area contributed by atoms with Gasteiger partial charge >= 0.3 is 0 Å². The minimum Gasteiger partial charge on any atom is -0.505 e. The Bertz CT molecular complexity index is 1710. The Balaban J connectivity index is 1.84. The first-order chi connectivity index (χ1) is 18.0. The summed E-state index contributed by atoms with van der Waals surface area (Å²) in [4.78, 5) is 12.7. The van der Waals surface area contributed by atoms with Crippen LogP contribution in [0.1, 0.15) is 22.8 Å². The van der Waals surface area contributed by atoms with E-state index in [-0.39, 0.29) is 33.9 Å². The summed E-state index contributed by atoms with van der Waals surface area (Å²) in [5.74, 6) is -0.724. The monoisotopic (exact) mass is 573 g/mol. The quantitative estimate of drug-likeness (QED) is 0.156. The maximum atomic E-state index is 13.2. The van der Waals surface area contributed by atoms with Crippen molar-refractivity contribution in [2.24, 2.45) is 10.2 Å². The lowest BCUT2D eigenvalue weighted by atomic mass is 10.0. The van der Waals surface area contributed by atoms with Crippen LogP contribution in [0.4, 0.5) is 17.1 Å². The summed E-state index contributed by atoms with van der Waals surface area (Å²) in [6.45, 7) is 1.67. The molecule has 0 saturated carbocycles. The average molecular weight is 574 g/mol. The van der Waals surface area contributed by atoms with Crippen molar-refractivity contribution in [1.29, 1.82) is 0 Å². The number of benzene rings is 4. The number of hydrogen-bond donors (Lipinski definition) is 3. The Morgan fingerprint density at radius 2 is 1.79 bits per heavy atom. The van der Waals surface area contributed by atoms with Crippen molar-refractivity contribution < 1.29 is 27.6 Å². The summed E-state index contributed by atoms with van der Waals surface area (Å²) in [7, 11) is -3.25. The first-order valence-electron chi connectivity index (χ1n) is 11.1. The van der Waals surface area contributed by atoms with Gasteiger partial charge in [0.05, 0.1) is 12.7 Å². The molecule has 3 N–H and O–H groups in total.